The Morgan fingerprint density at radius 1 is 1.15 bits per heavy atom. The molecule has 0 spiro atoms. The number of alkyl halides is 1. The van der Waals surface area contributed by atoms with Crippen molar-refractivity contribution in [2.75, 3.05) is 19.0 Å². The number of halogens is 1. The summed E-state index contributed by atoms with van der Waals surface area (Å²) in [6, 6.07) is 6.28. The Labute approximate surface area is 202 Å². The number of rotatable bonds is 12. The standard InChI is InChI=1S/C22H31ClN6O5/c23-13-18(30)27-16(12-14-6-2-1-3-7-14)20(32)29-11-5-9-17(29)19(31)28-15(21(33)34)8-4-10-26-22(24)25/h1-3,6-7,15-17H,4-5,8-13H2,(H,27,30)(H,28,31)(H,33,34)(H4,24,25,26)/t15-,16?,17?/m1/s1. The van der Waals surface area contributed by atoms with Crippen LogP contribution in [-0.2, 0) is 25.6 Å². The van der Waals surface area contributed by atoms with Gasteiger partial charge in [-0.2, -0.15) is 0 Å². The van der Waals surface area contributed by atoms with Crippen LogP contribution in [-0.4, -0.2) is 76.8 Å². The summed E-state index contributed by atoms with van der Waals surface area (Å²) in [5.74, 6) is -3.06. The number of guanidine groups is 1. The molecule has 1 heterocycles. The molecule has 2 unspecified atom stereocenters. The van der Waals surface area contributed by atoms with Gasteiger partial charge in [-0.15, -0.1) is 11.6 Å². The van der Waals surface area contributed by atoms with Crippen LogP contribution >= 0.6 is 11.6 Å². The van der Waals surface area contributed by atoms with Crippen LogP contribution < -0.4 is 22.1 Å². The molecule has 1 aromatic carbocycles. The molecule has 12 heteroatoms. The van der Waals surface area contributed by atoms with Crippen molar-refractivity contribution in [3.63, 3.8) is 0 Å². The lowest BCUT2D eigenvalue weighted by atomic mass is 10.0. The van der Waals surface area contributed by atoms with E-state index in [1.165, 1.54) is 4.90 Å². The number of nitrogens with two attached hydrogens (primary N) is 2. The van der Waals surface area contributed by atoms with Gasteiger partial charge in [0.2, 0.25) is 17.7 Å². The molecule has 1 saturated heterocycles. The summed E-state index contributed by atoms with van der Waals surface area (Å²) in [6.45, 7) is 0.554. The van der Waals surface area contributed by atoms with Crippen molar-refractivity contribution in [2.45, 2.75) is 50.2 Å². The van der Waals surface area contributed by atoms with Crippen LogP contribution in [0.5, 0.6) is 0 Å². The Bertz CT molecular complexity index is 893. The van der Waals surface area contributed by atoms with Gasteiger partial charge >= 0.3 is 5.97 Å². The van der Waals surface area contributed by atoms with E-state index in [9.17, 15) is 24.3 Å². The SMILES string of the molecule is NC(N)=NCCC[C@@H](NC(=O)C1CCCN1C(=O)C(Cc1ccccc1)NC(=O)CCl)C(=O)O. The lowest BCUT2D eigenvalue weighted by Gasteiger charge is -2.29. The molecule has 34 heavy (non-hydrogen) atoms. The lowest BCUT2D eigenvalue weighted by Crippen LogP contribution is -2.56. The maximum absolute atomic E-state index is 13.3. The highest BCUT2D eigenvalue weighted by Gasteiger charge is 2.38. The lowest BCUT2D eigenvalue weighted by molar-refractivity contribution is -0.145. The molecule has 7 N–H and O–H groups in total. The van der Waals surface area contributed by atoms with Crippen LogP contribution in [0.2, 0.25) is 0 Å². The molecule has 0 aromatic heterocycles. The molecular formula is C22H31ClN6O5. The van der Waals surface area contributed by atoms with E-state index in [1.54, 1.807) is 0 Å². The Kier molecular flexibility index (Phi) is 10.6. The van der Waals surface area contributed by atoms with Crippen molar-refractivity contribution in [2.24, 2.45) is 16.5 Å². The van der Waals surface area contributed by atoms with Crippen LogP contribution in [0.1, 0.15) is 31.2 Å². The second-order valence-electron chi connectivity index (χ2n) is 7.98. The number of carboxylic acid groups (broad SMARTS) is 1. The van der Waals surface area contributed by atoms with E-state index in [4.69, 9.17) is 23.1 Å². The molecule has 11 nitrogen and oxygen atoms in total. The molecule has 3 amide bonds. The molecule has 1 aromatic rings. The number of nitrogens with one attached hydrogen (secondary N) is 2. The fraction of sp³-hybridized carbons (Fsp3) is 0.500. The van der Waals surface area contributed by atoms with Gasteiger partial charge in [-0.25, -0.2) is 4.79 Å². The third-order valence-corrected chi connectivity index (χ3v) is 5.68. The molecular weight excluding hydrogens is 464 g/mol. The molecule has 0 aliphatic carbocycles. The number of amides is 3. The van der Waals surface area contributed by atoms with E-state index >= 15 is 0 Å². The minimum Gasteiger partial charge on any atom is -0.480 e. The van der Waals surface area contributed by atoms with E-state index < -0.39 is 41.8 Å². The van der Waals surface area contributed by atoms with Crippen molar-refractivity contribution in [1.29, 1.82) is 0 Å². The average molecular weight is 495 g/mol. The molecule has 0 saturated carbocycles. The Morgan fingerprint density at radius 2 is 1.85 bits per heavy atom. The average Bonchev–Trinajstić information content (AvgIpc) is 3.30. The number of benzene rings is 1. The molecule has 0 radical (unpaired) electrons. The zero-order valence-corrected chi connectivity index (χ0v) is 19.5. The van der Waals surface area contributed by atoms with E-state index in [2.05, 4.69) is 15.6 Å². The van der Waals surface area contributed by atoms with Gasteiger partial charge in [0.15, 0.2) is 5.96 Å². The number of aliphatic imine (C=N–C) groups is 1. The van der Waals surface area contributed by atoms with Gasteiger partial charge in [0.1, 0.15) is 24.0 Å². The second-order valence-corrected chi connectivity index (χ2v) is 8.25. The summed E-state index contributed by atoms with van der Waals surface area (Å²) < 4.78 is 0. The van der Waals surface area contributed by atoms with Crippen molar-refractivity contribution in [3.05, 3.63) is 35.9 Å². The van der Waals surface area contributed by atoms with Gasteiger partial charge < -0.3 is 32.1 Å². The summed E-state index contributed by atoms with van der Waals surface area (Å²) in [5.41, 5.74) is 11.4. The first kappa shape index (κ1) is 26.9. The number of hydrogen-bond donors (Lipinski definition) is 5. The van der Waals surface area contributed by atoms with Crippen LogP contribution in [0.3, 0.4) is 0 Å². The van der Waals surface area contributed by atoms with E-state index in [0.29, 0.717) is 25.8 Å². The predicted molar refractivity (Wildman–Crippen MR) is 127 cm³/mol. The molecule has 3 atom stereocenters. The highest BCUT2D eigenvalue weighted by molar-refractivity contribution is 6.27. The maximum atomic E-state index is 13.3. The molecule has 1 aliphatic rings. The number of carbonyl (C=O) groups is 4. The van der Waals surface area contributed by atoms with Crippen LogP contribution in [0.15, 0.2) is 35.3 Å². The van der Waals surface area contributed by atoms with Crippen LogP contribution in [0.4, 0.5) is 0 Å². The van der Waals surface area contributed by atoms with Gasteiger partial charge in [-0.3, -0.25) is 19.4 Å². The first-order valence-corrected chi connectivity index (χ1v) is 11.5. The number of likely N-dealkylation sites (tertiary alicyclic amines) is 1. The fourth-order valence-corrected chi connectivity index (χ4v) is 3.89. The normalized spacial score (nSPS) is 16.9. The minimum absolute atomic E-state index is 0.0951. The molecule has 2 rings (SSSR count). The smallest absolute Gasteiger partial charge is 0.326 e. The van der Waals surface area contributed by atoms with E-state index in [1.807, 2.05) is 30.3 Å². The highest BCUT2D eigenvalue weighted by atomic mass is 35.5. The second kappa shape index (κ2) is 13.4. The fourth-order valence-electron chi connectivity index (χ4n) is 3.81. The van der Waals surface area contributed by atoms with Crippen LogP contribution in [0.25, 0.3) is 0 Å². The minimum atomic E-state index is -1.19. The number of carbonyl (C=O) groups excluding carboxylic acids is 3. The zero-order valence-electron chi connectivity index (χ0n) is 18.8. The first-order valence-electron chi connectivity index (χ1n) is 11.0. The Balaban J connectivity index is 2.09. The van der Waals surface area contributed by atoms with Crippen molar-refractivity contribution in [3.8, 4) is 0 Å². The quantitative estimate of drug-likeness (QED) is 0.113. The summed E-state index contributed by atoms with van der Waals surface area (Å²) in [6.07, 6.45) is 1.68. The van der Waals surface area contributed by atoms with Crippen molar-refractivity contribution >= 4 is 41.3 Å². The van der Waals surface area contributed by atoms with Gasteiger partial charge in [0.05, 0.1) is 0 Å². The number of nitrogens with zero attached hydrogens (tertiary/aromatic N) is 2. The topological polar surface area (TPSA) is 180 Å². The Morgan fingerprint density at radius 3 is 2.47 bits per heavy atom. The van der Waals surface area contributed by atoms with Crippen molar-refractivity contribution < 1.29 is 24.3 Å². The largest absolute Gasteiger partial charge is 0.480 e. The Hall–Kier alpha value is -3.34. The predicted octanol–water partition coefficient (Wildman–Crippen LogP) is -0.433. The third-order valence-electron chi connectivity index (χ3n) is 5.44. The molecule has 1 aliphatic heterocycles. The summed E-state index contributed by atoms with van der Waals surface area (Å²) >= 11 is 5.62. The first-order chi connectivity index (χ1) is 16.2. The maximum Gasteiger partial charge on any atom is 0.326 e. The third kappa shape index (κ3) is 8.22. The highest BCUT2D eigenvalue weighted by Crippen LogP contribution is 2.20. The van der Waals surface area contributed by atoms with Gasteiger partial charge in [-0.05, 0) is 31.2 Å². The molecule has 186 valence electrons. The summed E-state index contributed by atoms with van der Waals surface area (Å²) in [7, 11) is 0. The number of carboxylic acids is 1. The summed E-state index contributed by atoms with van der Waals surface area (Å²) in [5, 5.41) is 14.6. The number of aliphatic carboxylic acids is 1. The van der Waals surface area contributed by atoms with Crippen molar-refractivity contribution in [1.82, 2.24) is 15.5 Å². The summed E-state index contributed by atoms with van der Waals surface area (Å²) in [4.78, 5) is 55.0. The van der Waals surface area contributed by atoms with E-state index in [0.717, 1.165) is 5.56 Å². The number of hydrogen-bond acceptors (Lipinski definition) is 5. The molecule has 1 fully saturated rings. The van der Waals surface area contributed by atoms with Crippen LogP contribution in [0, 0.1) is 0 Å². The monoisotopic (exact) mass is 494 g/mol. The van der Waals surface area contributed by atoms with E-state index in [-0.39, 0.29) is 31.2 Å². The van der Waals surface area contributed by atoms with Gasteiger partial charge in [-0.1, -0.05) is 30.3 Å². The molecule has 0 bridgehead atoms. The van der Waals surface area contributed by atoms with Gasteiger partial charge in [0, 0.05) is 19.5 Å². The van der Waals surface area contributed by atoms with Gasteiger partial charge in [0.25, 0.3) is 0 Å². The zero-order chi connectivity index (χ0) is 25.1.